The maximum absolute atomic E-state index is 12.9. The van der Waals surface area contributed by atoms with Crippen LogP contribution in [0.5, 0.6) is 5.75 Å². The van der Waals surface area contributed by atoms with Gasteiger partial charge in [0, 0.05) is 5.56 Å². The summed E-state index contributed by atoms with van der Waals surface area (Å²) >= 11 is 1.35. The van der Waals surface area contributed by atoms with Gasteiger partial charge in [0.2, 0.25) is 11.8 Å². The van der Waals surface area contributed by atoms with Crippen molar-refractivity contribution in [2.75, 3.05) is 17.3 Å². The van der Waals surface area contributed by atoms with Gasteiger partial charge in [-0.1, -0.05) is 30.2 Å². The van der Waals surface area contributed by atoms with Crippen LogP contribution >= 0.6 is 11.3 Å². The van der Waals surface area contributed by atoms with E-state index in [1.165, 1.54) is 16.2 Å². The fraction of sp³-hybridized carbons (Fsp3) is 0.304. The van der Waals surface area contributed by atoms with Crippen LogP contribution in [0.3, 0.4) is 0 Å². The van der Waals surface area contributed by atoms with E-state index in [9.17, 15) is 14.4 Å². The Kier molecular flexibility index (Phi) is 4.94. The minimum absolute atomic E-state index is 0.146. The molecule has 3 amide bonds. The van der Waals surface area contributed by atoms with Crippen molar-refractivity contribution in [3.8, 4) is 5.75 Å². The largest absolute Gasteiger partial charge is 0.497 e. The van der Waals surface area contributed by atoms with Gasteiger partial charge in [-0.15, -0.1) is 0 Å². The zero-order valence-electron chi connectivity index (χ0n) is 17.0. The number of methoxy groups -OCH3 is 1. The maximum Gasteiger partial charge on any atom is 0.257 e. The van der Waals surface area contributed by atoms with Crippen LogP contribution < -0.4 is 15.0 Å². The van der Waals surface area contributed by atoms with E-state index in [2.05, 4.69) is 10.3 Å². The topological polar surface area (TPSA) is 88.6 Å². The molecule has 7 nitrogen and oxygen atoms in total. The molecule has 2 fully saturated rings. The highest BCUT2D eigenvalue weighted by atomic mass is 32.1. The molecule has 0 bridgehead atoms. The maximum atomic E-state index is 12.9. The van der Waals surface area contributed by atoms with Gasteiger partial charge in [-0.05, 0) is 49.2 Å². The van der Waals surface area contributed by atoms with Gasteiger partial charge in [-0.2, -0.15) is 0 Å². The van der Waals surface area contributed by atoms with E-state index in [0.717, 1.165) is 41.6 Å². The van der Waals surface area contributed by atoms with Crippen LogP contribution in [0.4, 0.5) is 10.8 Å². The highest BCUT2D eigenvalue weighted by Gasteiger charge is 2.48. The predicted molar refractivity (Wildman–Crippen MR) is 119 cm³/mol. The minimum atomic E-state index is -0.343. The van der Waals surface area contributed by atoms with E-state index in [1.807, 2.05) is 18.2 Å². The van der Waals surface area contributed by atoms with Crippen molar-refractivity contribution in [2.24, 2.45) is 11.8 Å². The van der Waals surface area contributed by atoms with Crippen LogP contribution in [-0.4, -0.2) is 29.8 Å². The van der Waals surface area contributed by atoms with E-state index in [-0.39, 0.29) is 29.6 Å². The molecule has 158 valence electrons. The molecule has 0 unspecified atom stereocenters. The third kappa shape index (κ3) is 3.46. The summed E-state index contributed by atoms with van der Waals surface area (Å²) in [6, 6.07) is 12.2. The molecule has 1 aromatic heterocycles. The molecular formula is C23H21N3O4S. The van der Waals surface area contributed by atoms with E-state index in [1.54, 1.807) is 31.4 Å². The second kappa shape index (κ2) is 7.77. The number of hydrogen-bond acceptors (Lipinski definition) is 6. The number of anilines is 2. The van der Waals surface area contributed by atoms with Crippen molar-refractivity contribution in [2.45, 2.75) is 25.7 Å². The number of thiazole rings is 1. The molecule has 1 N–H and O–H groups in total. The summed E-state index contributed by atoms with van der Waals surface area (Å²) in [6.07, 6.45) is 3.47. The number of amides is 3. The first-order valence-corrected chi connectivity index (χ1v) is 11.1. The van der Waals surface area contributed by atoms with Gasteiger partial charge in [0.1, 0.15) is 5.75 Å². The first-order chi connectivity index (χ1) is 15.0. The average Bonchev–Trinajstić information content (AvgIpc) is 3.31. The summed E-state index contributed by atoms with van der Waals surface area (Å²) in [5, 5.41) is 3.28. The Balaban J connectivity index is 1.38. The van der Waals surface area contributed by atoms with Crippen molar-refractivity contribution >= 4 is 50.1 Å². The number of nitrogens with one attached hydrogen (secondary N) is 1. The van der Waals surface area contributed by atoms with Gasteiger partial charge in [-0.3, -0.25) is 24.6 Å². The van der Waals surface area contributed by atoms with Gasteiger partial charge in [0.05, 0.1) is 34.8 Å². The van der Waals surface area contributed by atoms with E-state index < -0.39 is 0 Å². The number of aromatic nitrogens is 1. The van der Waals surface area contributed by atoms with Crippen LogP contribution in [0, 0.1) is 11.8 Å². The van der Waals surface area contributed by atoms with Crippen molar-refractivity contribution < 1.29 is 19.1 Å². The van der Waals surface area contributed by atoms with Crippen molar-refractivity contribution in [1.82, 2.24) is 4.98 Å². The molecule has 31 heavy (non-hydrogen) atoms. The molecule has 1 aliphatic carbocycles. The Morgan fingerprint density at radius 2 is 1.84 bits per heavy atom. The molecule has 1 saturated heterocycles. The van der Waals surface area contributed by atoms with E-state index in [0.29, 0.717) is 16.4 Å². The molecule has 2 aromatic carbocycles. The lowest BCUT2D eigenvalue weighted by atomic mass is 9.81. The standard InChI is InChI=1S/C23H21N3O4S/c1-30-15-9-10-18-19(12-15)31-23(24-18)25-20(27)13-5-4-6-14(11-13)26-21(28)16-7-2-3-8-17(16)22(26)29/h4-6,9-12,16-17H,2-3,7-8H2,1H3,(H,24,25,27)/t16-,17-/m1/s1. The highest BCUT2D eigenvalue weighted by molar-refractivity contribution is 7.22. The summed E-state index contributed by atoms with van der Waals surface area (Å²) in [7, 11) is 1.60. The molecule has 3 aromatic rings. The van der Waals surface area contributed by atoms with Crippen LogP contribution in [0.15, 0.2) is 42.5 Å². The zero-order valence-corrected chi connectivity index (χ0v) is 17.8. The number of ether oxygens (including phenoxy) is 1. The number of carbonyl (C=O) groups is 3. The summed E-state index contributed by atoms with van der Waals surface area (Å²) in [4.78, 5) is 44.3. The van der Waals surface area contributed by atoms with Gasteiger partial charge in [0.15, 0.2) is 5.13 Å². The lowest BCUT2D eigenvalue weighted by Crippen LogP contribution is -2.31. The Bertz CT molecular complexity index is 1180. The van der Waals surface area contributed by atoms with Crippen LogP contribution in [-0.2, 0) is 9.59 Å². The Labute approximate surface area is 183 Å². The third-order valence-corrected chi connectivity index (χ3v) is 6.96. The van der Waals surface area contributed by atoms with Crippen molar-refractivity contribution in [3.05, 3.63) is 48.0 Å². The van der Waals surface area contributed by atoms with Gasteiger partial charge >= 0.3 is 0 Å². The SMILES string of the molecule is COc1ccc2nc(NC(=O)c3cccc(N4C(=O)[C@@H]5CCCC[C@H]5C4=O)c3)sc2c1. The number of benzene rings is 2. The molecule has 2 aliphatic rings. The lowest BCUT2D eigenvalue weighted by Gasteiger charge is -2.19. The molecule has 1 saturated carbocycles. The zero-order chi connectivity index (χ0) is 21.5. The molecule has 2 atom stereocenters. The summed E-state index contributed by atoms with van der Waals surface area (Å²) in [5.74, 6) is -0.358. The minimum Gasteiger partial charge on any atom is -0.497 e. The average molecular weight is 436 g/mol. The molecular weight excluding hydrogens is 414 g/mol. The van der Waals surface area contributed by atoms with E-state index >= 15 is 0 Å². The Morgan fingerprint density at radius 3 is 2.55 bits per heavy atom. The van der Waals surface area contributed by atoms with Gasteiger partial charge in [0.25, 0.3) is 5.91 Å². The third-order valence-electron chi connectivity index (χ3n) is 6.02. The summed E-state index contributed by atoms with van der Waals surface area (Å²) in [6.45, 7) is 0. The number of hydrogen-bond donors (Lipinski definition) is 1. The number of fused-ring (bicyclic) bond motifs is 2. The van der Waals surface area contributed by atoms with Crippen LogP contribution in [0.2, 0.25) is 0 Å². The normalized spacial score (nSPS) is 20.7. The predicted octanol–water partition coefficient (Wildman–Crippen LogP) is 4.24. The highest BCUT2D eigenvalue weighted by Crippen LogP contribution is 2.40. The summed E-state index contributed by atoms with van der Waals surface area (Å²) in [5.41, 5.74) is 1.58. The summed E-state index contributed by atoms with van der Waals surface area (Å²) < 4.78 is 6.13. The number of nitrogens with zero attached hydrogens (tertiary/aromatic N) is 2. The molecule has 8 heteroatoms. The number of carbonyl (C=O) groups excluding carboxylic acids is 3. The van der Waals surface area contributed by atoms with E-state index in [4.69, 9.17) is 4.74 Å². The first kappa shape index (κ1) is 19.7. The van der Waals surface area contributed by atoms with Crippen LogP contribution in [0.1, 0.15) is 36.0 Å². The smallest absolute Gasteiger partial charge is 0.257 e. The van der Waals surface area contributed by atoms with Gasteiger partial charge < -0.3 is 4.74 Å². The monoisotopic (exact) mass is 435 g/mol. The lowest BCUT2D eigenvalue weighted by molar-refractivity contribution is -0.122. The van der Waals surface area contributed by atoms with Crippen LogP contribution in [0.25, 0.3) is 10.2 Å². The second-order valence-corrected chi connectivity index (χ2v) is 8.90. The fourth-order valence-electron chi connectivity index (χ4n) is 4.46. The molecule has 2 heterocycles. The fourth-order valence-corrected chi connectivity index (χ4v) is 5.35. The molecule has 1 aliphatic heterocycles. The second-order valence-electron chi connectivity index (χ2n) is 7.87. The Morgan fingerprint density at radius 1 is 1.10 bits per heavy atom. The molecule has 0 radical (unpaired) electrons. The Hall–Kier alpha value is -3.26. The quantitative estimate of drug-likeness (QED) is 0.620. The first-order valence-electron chi connectivity index (χ1n) is 10.3. The molecule has 0 spiro atoms. The molecule has 5 rings (SSSR count). The number of imide groups is 1. The van der Waals surface area contributed by atoms with Gasteiger partial charge in [-0.25, -0.2) is 4.98 Å². The van der Waals surface area contributed by atoms with Crippen molar-refractivity contribution in [1.29, 1.82) is 0 Å². The number of rotatable bonds is 4. The van der Waals surface area contributed by atoms with Crippen molar-refractivity contribution in [3.63, 3.8) is 0 Å².